The van der Waals surface area contributed by atoms with Gasteiger partial charge in [0.05, 0.1) is 5.56 Å². The number of benzene rings is 2. The van der Waals surface area contributed by atoms with Crippen LogP contribution < -0.4 is 11.1 Å². The molecule has 3 N–H and O–H groups in total. The number of hydrogen-bond acceptors (Lipinski definition) is 2. The molecule has 5 heteroatoms. The number of anilines is 1. The molecule has 0 atom stereocenters. The van der Waals surface area contributed by atoms with Crippen molar-refractivity contribution in [2.45, 2.75) is 51.9 Å². The van der Waals surface area contributed by atoms with E-state index in [9.17, 15) is 13.6 Å². The molecule has 1 aliphatic rings. The lowest BCUT2D eigenvalue weighted by molar-refractivity contribution is 0.0933. The van der Waals surface area contributed by atoms with Gasteiger partial charge in [0.25, 0.3) is 5.91 Å². The summed E-state index contributed by atoms with van der Waals surface area (Å²) in [6, 6.07) is 11.9. The minimum Gasteiger partial charge on any atom is -0.398 e. The molecule has 3 rings (SSSR count). The molecule has 1 aliphatic carbocycles. The van der Waals surface area contributed by atoms with Crippen molar-refractivity contribution in [1.82, 2.24) is 5.32 Å². The van der Waals surface area contributed by atoms with E-state index in [1.807, 2.05) is 32.0 Å². The second-order valence-corrected chi connectivity index (χ2v) is 7.37. The number of carbonyl (C=O) groups excluding carboxylic acids is 1. The Hall–Kier alpha value is -2.43. The quantitative estimate of drug-likeness (QED) is 0.684. The molecule has 1 saturated carbocycles. The predicted octanol–water partition coefficient (Wildman–Crippen LogP) is 5.45. The lowest BCUT2D eigenvalue weighted by Crippen LogP contribution is -2.43. The first-order valence-electron chi connectivity index (χ1n) is 9.99. The van der Waals surface area contributed by atoms with Gasteiger partial charge in [-0.25, -0.2) is 8.78 Å². The zero-order chi connectivity index (χ0) is 20.7. The highest BCUT2D eigenvalue weighted by molar-refractivity contribution is 5.99. The Kier molecular flexibility index (Phi) is 7.55. The minimum atomic E-state index is -1.08. The van der Waals surface area contributed by atoms with Crippen LogP contribution in [0.4, 0.5) is 14.5 Å². The molecule has 0 heterocycles. The molecule has 152 valence electrons. The highest BCUT2D eigenvalue weighted by atomic mass is 19.2. The van der Waals surface area contributed by atoms with Crippen LogP contribution in [0.5, 0.6) is 0 Å². The molecule has 0 spiro atoms. The zero-order valence-electron chi connectivity index (χ0n) is 16.9. The zero-order valence-corrected chi connectivity index (χ0v) is 16.9. The lowest BCUT2D eigenvalue weighted by Gasteiger charge is -2.40. The van der Waals surface area contributed by atoms with Crippen molar-refractivity contribution in [3.63, 3.8) is 0 Å². The van der Waals surface area contributed by atoms with Crippen LogP contribution in [0.2, 0.25) is 0 Å². The minimum absolute atomic E-state index is 0.0312. The van der Waals surface area contributed by atoms with E-state index in [0.717, 1.165) is 37.8 Å². The van der Waals surface area contributed by atoms with Crippen molar-refractivity contribution in [2.75, 3.05) is 12.3 Å². The molecule has 3 nitrogen and oxygen atoms in total. The Morgan fingerprint density at radius 1 is 1.11 bits per heavy atom. The number of nitrogens with one attached hydrogen (secondary N) is 1. The molecule has 2 aromatic rings. The third-order valence-corrected chi connectivity index (χ3v) is 5.54. The number of nitrogen functional groups attached to an aromatic ring is 1. The molecule has 0 saturated heterocycles. The first kappa shape index (κ1) is 21.9. The maximum absolute atomic E-state index is 13.5. The van der Waals surface area contributed by atoms with Gasteiger partial charge < -0.3 is 11.1 Å². The van der Waals surface area contributed by atoms with Gasteiger partial charge in [-0.1, -0.05) is 51.1 Å². The first-order valence-corrected chi connectivity index (χ1v) is 9.99. The molecule has 0 radical (unpaired) electrons. The summed E-state index contributed by atoms with van der Waals surface area (Å²) >= 11 is 0. The fourth-order valence-corrected chi connectivity index (χ4v) is 3.78. The van der Waals surface area contributed by atoms with Crippen LogP contribution in [0.15, 0.2) is 42.5 Å². The SMILES string of the molecule is CC.CC1CCC(CNC(=O)c2cc(F)c(F)cc2N)(c2ccccc2)CC1. The summed E-state index contributed by atoms with van der Waals surface area (Å²) < 4.78 is 26.7. The fourth-order valence-electron chi connectivity index (χ4n) is 3.78. The number of nitrogens with two attached hydrogens (primary N) is 1. The Labute approximate surface area is 166 Å². The van der Waals surface area contributed by atoms with Gasteiger partial charge in [0.2, 0.25) is 0 Å². The van der Waals surface area contributed by atoms with Crippen molar-refractivity contribution in [1.29, 1.82) is 0 Å². The maximum Gasteiger partial charge on any atom is 0.253 e. The van der Waals surface area contributed by atoms with E-state index < -0.39 is 17.5 Å². The van der Waals surface area contributed by atoms with Gasteiger partial charge in [0, 0.05) is 23.7 Å². The molecule has 2 aromatic carbocycles. The van der Waals surface area contributed by atoms with E-state index in [4.69, 9.17) is 5.73 Å². The molecule has 0 unspecified atom stereocenters. The van der Waals surface area contributed by atoms with E-state index >= 15 is 0 Å². The molecule has 0 aromatic heterocycles. The third kappa shape index (κ3) is 4.89. The van der Waals surface area contributed by atoms with Gasteiger partial charge in [0.15, 0.2) is 11.6 Å². The molecular weight excluding hydrogens is 358 g/mol. The maximum atomic E-state index is 13.5. The average molecular weight is 389 g/mol. The van der Waals surface area contributed by atoms with Gasteiger partial charge in [0.1, 0.15) is 0 Å². The van der Waals surface area contributed by atoms with Gasteiger partial charge in [-0.3, -0.25) is 4.79 Å². The number of amides is 1. The number of hydrogen-bond donors (Lipinski definition) is 2. The Balaban J connectivity index is 0.00000136. The monoisotopic (exact) mass is 388 g/mol. The fraction of sp³-hybridized carbons (Fsp3) is 0.435. The van der Waals surface area contributed by atoms with Gasteiger partial charge >= 0.3 is 0 Å². The second kappa shape index (κ2) is 9.67. The number of halogens is 2. The van der Waals surface area contributed by atoms with Crippen molar-refractivity contribution in [3.8, 4) is 0 Å². The Morgan fingerprint density at radius 3 is 2.29 bits per heavy atom. The van der Waals surface area contributed by atoms with Gasteiger partial charge in [-0.2, -0.15) is 0 Å². The second-order valence-electron chi connectivity index (χ2n) is 7.37. The van der Waals surface area contributed by atoms with Crippen molar-refractivity contribution in [2.24, 2.45) is 5.92 Å². The topological polar surface area (TPSA) is 55.1 Å². The summed E-state index contributed by atoms with van der Waals surface area (Å²) in [5.74, 6) is -1.94. The highest BCUT2D eigenvalue weighted by Gasteiger charge is 2.36. The van der Waals surface area contributed by atoms with Gasteiger partial charge in [-0.15, -0.1) is 0 Å². The summed E-state index contributed by atoms with van der Waals surface area (Å²) in [4.78, 5) is 12.5. The summed E-state index contributed by atoms with van der Waals surface area (Å²) in [5, 5.41) is 2.90. The van der Waals surface area contributed by atoms with Crippen LogP contribution in [-0.2, 0) is 5.41 Å². The van der Waals surface area contributed by atoms with E-state index in [2.05, 4.69) is 24.4 Å². The Bertz CT molecular complexity index is 785. The van der Waals surface area contributed by atoms with Crippen molar-refractivity contribution >= 4 is 11.6 Å². The lowest BCUT2D eigenvalue weighted by atomic mass is 9.67. The summed E-state index contributed by atoms with van der Waals surface area (Å²) in [7, 11) is 0. The van der Waals surface area contributed by atoms with E-state index in [-0.39, 0.29) is 16.7 Å². The summed E-state index contributed by atoms with van der Waals surface area (Å²) in [6.45, 7) is 6.69. The van der Waals surface area contributed by atoms with E-state index in [1.165, 1.54) is 5.56 Å². The molecule has 1 fully saturated rings. The van der Waals surface area contributed by atoms with Gasteiger partial charge in [-0.05, 0) is 43.2 Å². The number of rotatable bonds is 4. The van der Waals surface area contributed by atoms with Crippen LogP contribution >= 0.6 is 0 Å². The van der Waals surface area contributed by atoms with Crippen LogP contribution in [0.1, 0.15) is 62.4 Å². The van der Waals surface area contributed by atoms with Crippen molar-refractivity contribution < 1.29 is 13.6 Å². The summed E-state index contributed by atoms with van der Waals surface area (Å²) in [6.07, 6.45) is 4.15. The molecule has 0 bridgehead atoms. The van der Waals surface area contributed by atoms with Crippen LogP contribution in [-0.4, -0.2) is 12.5 Å². The summed E-state index contributed by atoms with van der Waals surface area (Å²) in [5.41, 5.74) is 6.66. The highest BCUT2D eigenvalue weighted by Crippen LogP contribution is 2.41. The normalized spacial score (nSPS) is 21.4. The van der Waals surface area contributed by atoms with Crippen molar-refractivity contribution in [3.05, 3.63) is 65.2 Å². The molecular formula is C23H30F2N2O. The molecule has 28 heavy (non-hydrogen) atoms. The smallest absolute Gasteiger partial charge is 0.253 e. The standard InChI is InChI=1S/C21H24F2N2O.C2H6/c1-14-7-9-21(10-8-14,15-5-3-2-4-6-15)13-25-20(26)16-11-17(22)18(23)12-19(16)24;1-2/h2-6,11-12,14H,7-10,13,24H2,1H3,(H,25,26);1-2H3. The van der Waals surface area contributed by atoms with E-state index in [1.54, 1.807) is 0 Å². The Morgan fingerprint density at radius 2 is 1.68 bits per heavy atom. The van der Waals surface area contributed by atoms with E-state index in [0.29, 0.717) is 12.5 Å². The van der Waals surface area contributed by atoms with Crippen LogP contribution in [0.3, 0.4) is 0 Å². The largest absolute Gasteiger partial charge is 0.398 e. The molecule has 1 amide bonds. The third-order valence-electron chi connectivity index (χ3n) is 5.54. The predicted molar refractivity (Wildman–Crippen MR) is 110 cm³/mol. The average Bonchev–Trinajstić information content (AvgIpc) is 2.72. The number of carbonyl (C=O) groups is 1. The first-order chi connectivity index (χ1) is 13.4. The molecule has 0 aliphatic heterocycles. The van der Waals surface area contributed by atoms with Crippen LogP contribution in [0, 0.1) is 17.6 Å². The van der Waals surface area contributed by atoms with Crippen LogP contribution in [0.25, 0.3) is 0 Å².